The number of hydrogen-bond donors (Lipinski definition) is 0. The molecular formula is C6H9AlO. The average molecular weight is 124 g/mol. The van der Waals surface area contributed by atoms with Crippen LogP contribution in [0.25, 0.3) is 0 Å². The molecule has 0 aromatic rings. The molecule has 0 unspecified atom stereocenters. The molecule has 0 aromatic heterocycles. The Labute approximate surface area is 57.2 Å². The molecule has 1 rings (SSSR count). The summed E-state index contributed by atoms with van der Waals surface area (Å²) in [5.41, 5.74) is 0. The predicted molar refractivity (Wildman–Crippen MR) is 35.5 cm³/mol. The maximum Gasteiger partial charge on any atom is 0.252 e. The molecule has 0 fully saturated rings. The first-order valence-corrected chi connectivity index (χ1v) is 3.99. The lowest BCUT2D eigenvalue weighted by atomic mass is 10.1. The normalized spacial score (nSPS) is 20.5. The number of carbonyl (C=O) groups excluding carboxylic acids is 1. The highest BCUT2D eigenvalue weighted by Crippen LogP contribution is 2.10. The molecule has 0 spiro atoms. The van der Waals surface area contributed by atoms with Gasteiger partial charge in [0.2, 0.25) is 0 Å². The number of allylic oxidation sites excluding steroid dienone is 2. The Morgan fingerprint density at radius 3 is 2.62 bits per heavy atom. The fourth-order valence-corrected chi connectivity index (χ4v) is 1.64. The van der Waals surface area contributed by atoms with Gasteiger partial charge in [-0.25, -0.2) is 0 Å². The van der Waals surface area contributed by atoms with Crippen molar-refractivity contribution in [3.05, 3.63) is 10.5 Å². The number of hydrogen-bond acceptors (Lipinski definition) is 1. The van der Waals surface area contributed by atoms with Gasteiger partial charge in [0.25, 0.3) is 16.3 Å². The van der Waals surface area contributed by atoms with E-state index in [1.165, 1.54) is 10.9 Å². The van der Waals surface area contributed by atoms with Crippen LogP contribution in [-0.4, -0.2) is 22.1 Å². The Morgan fingerprint density at radius 1 is 1.50 bits per heavy atom. The van der Waals surface area contributed by atoms with Crippen molar-refractivity contribution in [1.29, 1.82) is 0 Å². The molecule has 1 aliphatic rings. The van der Waals surface area contributed by atoms with Crippen LogP contribution in [0.3, 0.4) is 0 Å². The van der Waals surface area contributed by atoms with E-state index in [1.807, 2.05) is 6.08 Å². The van der Waals surface area contributed by atoms with Crippen LogP contribution < -0.4 is 0 Å². The minimum absolute atomic E-state index is 0.334. The van der Waals surface area contributed by atoms with Gasteiger partial charge in [0, 0.05) is 6.42 Å². The summed E-state index contributed by atoms with van der Waals surface area (Å²) in [6, 6.07) is 0. The van der Waals surface area contributed by atoms with Crippen molar-refractivity contribution in [2.24, 2.45) is 0 Å². The second kappa shape index (κ2) is 2.48. The number of carbonyl (C=O) groups is 1. The molecule has 0 aliphatic heterocycles. The Balaban J connectivity index is 2.64. The van der Waals surface area contributed by atoms with Crippen LogP contribution in [0.15, 0.2) is 10.5 Å². The molecular weight excluding hydrogens is 115 g/mol. The number of rotatable bonds is 0. The molecule has 1 nitrogen and oxygen atoms in total. The van der Waals surface area contributed by atoms with Crippen LogP contribution >= 0.6 is 0 Å². The quantitative estimate of drug-likeness (QED) is 0.423. The van der Waals surface area contributed by atoms with Gasteiger partial charge in [-0.2, -0.15) is 0 Å². The minimum atomic E-state index is 0.334. The fraction of sp³-hybridized carbons (Fsp3) is 0.500. The third kappa shape index (κ3) is 1.47. The second-order valence-corrected chi connectivity index (χ2v) is 3.60. The van der Waals surface area contributed by atoms with Gasteiger partial charge in [0.1, 0.15) is 0 Å². The van der Waals surface area contributed by atoms with E-state index in [1.54, 1.807) is 0 Å². The Bertz CT molecular complexity index is 137. The van der Waals surface area contributed by atoms with Crippen LogP contribution in [0.1, 0.15) is 19.3 Å². The van der Waals surface area contributed by atoms with Gasteiger partial charge in [-0.15, -0.1) is 4.44 Å². The Kier molecular flexibility index (Phi) is 1.88. The van der Waals surface area contributed by atoms with E-state index in [4.69, 9.17) is 0 Å². The average Bonchev–Trinajstić information content (AvgIpc) is 1.64. The van der Waals surface area contributed by atoms with Gasteiger partial charge in [0.05, 0.1) is 0 Å². The lowest BCUT2D eigenvalue weighted by Gasteiger charge is -2.05. The van der Waals surface area contributed by atoms with Gasteiger partial charge < -0.3 is 0 Å². The van der Waals surface area contributed by atoms with E-state index in [9.17, 15) is 4.79 Å². The maximum absolute atomic E-state index is 10.6. The largest absolute Gasteiger partial charge is 0.295 e. The first-order chi connectivity index (χ1) is 3.79. The third-order valence-corrected chi connectivity index (χ3v) is 2.19. The van der Waals surface area contributed by atoms with Crippen molar-refractivity contribution in [3.8, 4) is 0 Å². The summed E-state index contributed by atoms with van der Waals surface area (Å²) in [4.78, 5) is 10.6. The molecule has 8 heavy (non-hydrogen) atoms. The van der Waals surface area contributed by atoms with Gasteiger partial charge >= 0.3 is 0 Å². The molecule has 1 aliphatic carbocycles. The molecule has 0 N–H and O–H groups in total. The van der Waals surface area contributed by atoms with Crippen LogP contribution in [0.4, 0.5) is 0 Å². The molecule has 2 heteroatoms. The summed E-state index contributed by atoms with van der Waals surface area (Å²) >= 11 is 1.08. The molecule has 0 amide bonds. The maximum atomic E-state index is 10.6. The lowest BCUT2D eigenvalue weighted by molar-refractivity contribution is -0.115. The fourth-order valence-electron chi connectivity index (χ4n) is 0.961. The highest BCUT2D eigenvalue weighted by atomic mass is 27.0. The van der Waals surface area contributed by atoms with E-state index in [2.05, 4.69) is 0 Å². The third-order valence-electron chi connectivity index (χ3n) is 1.40. The highest BCUT2D eigenvalue weighted by Gasteiger charge is 2.04. The summed E-state index contributed by atoms with van der Waals surface area (Å²) in [6.07, 6.45) is 4.87. The number of ketones is 1. The van der Waals surface area contributed by atoms with E-state index in [-0.39, 0.29) is 0 Å². The zero-order valence-corrected chi connectivity index (χ0v) is 7.11. The topological polar surface area (TPSA) is 17.1 Å². The van der Waals surface area contributed by atoms with Crippen molar-refractivity contribution in [2.45, 2.75) is 19.3 Å². The summed E-state index contributed by atoms with van der Waals surface area (Å²) in [5, 5.41) is 0. The van der Waals surface area contributed by atoms with Gasteiger partial charge in [0.15, 0.2) is 5.78 Å². The lowest BCUT2D eigenvalue weighted by Crippen LogP contribution is -2.01. The van der Waals surface area contributed by atoms with E-state index in [0.29, 0.717) is 5.78 Å². The summed E-state index contributed by atoms with van der Waals surface area (Å²) < 4.78 is 1.38. The SMILES string of the molecule is O=C1C=[C]([AlH2])CCC1. The van der Waals surface area contributed by atoms with Crippen molar-refractivity contribution >= 4 is 22.1 Å². The molecule has 0 aromatic carbocycles. The van der Waals surface area contributed by atoms with E-state index >= 15 is 0 Å². The smallest absolute Gasteiger partial charge is 0.252 e. The van der Waals surface area contributed by atoms with Crippen LogP contribution in [0.2, 0.25) is 0 Å². The van der Waals surface area contributed by atoms with Crippen molar-refractivity contribution in [3.63, 3.8) is 0 Å². The molecule has 0 radical (unpaired) electrons. The summed E-state index contributed by atoms with van der Waals surface area (Å²) in [7, 11) is 0. The first-order valence-electron chi connectivity index (χ1n) is 2.99. The van der Waals surface area contributed by atoms with Crippen LogP contribution in [0.5, 0.6) is 0 Å². The van der Waals surface area contributed by atoms with Crippen molar-refractivity contribution < 1.29 is 4.79 Å². The summed E-state index contributed by atoms with van der Waals surface area (Å²) in [6.45, 7) is 0. The second-order valence-electron chi connectivity index (χ2n) is 2.31. The molecule has 0 atom stereocenters. The van der Waals surface area contributed by atoms with Gasteiger partial charge in [-0.3, -0.25) is 4.79 Å². The monoisotopic (exact) mass is 124 g/mol. The van der Waals surface area contributed by atoms with E-state index in [0.717, 1.165) is 29.1 Å². The van der Waals surface area contributed by atoms with Crippen molar-refractivity contribution in [2.75, 3.05) is 0 Å². The zero-order valence-electron chi connectivity index (χ0n) is 5.11. The predicted octanol–water partition coefficient (Wildman–Crippen LogP) is 0.256. The zero-order chi connectivity index (χ0) is 5.98. The van der Waals surface area contributed by atoms with E-state index < -0.39 is 0 Å². The highest BCUT2D eigenvalue weighted by molar-refractivity contribution is 6.24. The van der Waals surface area contributed by atoms with Crippen molar-refractivity contribution in [1.82, 2.24) is 0 Å². The molecule has 0 saturated carbocycles. The summed E-state index contributed by atoms with van der Waals surface area (Å²) in [5.74, 6) is 0.334. The molecule has 42 valence electrons. The van der Waals surface area contributed by atoms with Crippen LogP contribution in [-0.2, 0) is 4.79 Å². The standard InChI is InChI=1S/C6H7O.Al.2H/c7-6-4-2-1-3-5-6;;;/h5H,1-2,4H2;;;. The first kappa shape index (κ1) is 6.07. The van der Waals surface area contributed by atoms with Gasteiger partial charge in [-0.05, 0) is 18.9 Å². The van der Waals surface area contributed by atoms with Gasteiger partial charge in [-0.1, -0.05) is 0 Å². The van der Waals surface area contributed by atoms with Crippen LogP contribution in [0, 0.1) is 0 Å². The Hall–Kier alpha value is -0.0575. The molecule has 0 saturated heterocycles. The molecule has 0 bridgehead atoms. The molecule has 0 heterocycles. The minimum Gasteiger partial charge on any atom is -0.295 e. The Morgan fingerprint density at radius 2 is 2.25 bits per heavy atom.